The van der Waals surface area contributed by atoms with Crippen LogP contribution in [0.1, 0.15) is 38.2 Å². The first kappa shape index (κ1) is 13.6. The molecule has 1 aromatic rings. The fraction of sp³-hybridized carbons (Fsp3) is 0.733. The number of aliphatic hydroxyl groups excluding tert-OH is 1. The Kier molecular flexibility index (Phi) is 4.13. The molecule has 0 saturated heterocycles. The molecule has 1 fully saturated rings. The highest BCUT2D eigenvalue weighted by molar-refractivity contribution is 5.10. The summed E-state index contributed by atoms with van der Waals surface area (Å²) in [6.45, 7) is 2.29. The predicted molar refractivity (Wildman–Crippen MR) is 72.5 cm³/mol. The second-order valence-corrected chi connectivity index (χ2v) is 6.05. The van der Waals surface area contributed by atoms with E-state index >= 15 is 0 Å². The molecule has 2 rings (SSSR count). The lowest BCUT2D eigenvalue weighted by Gasteiger charge is -2.48. The summed E-state index contributed by atoms with van der Waals surface area (Å²) in [5, 5.41) is 10.7. The lowest BCUT2D eigenvalue weighted by Crippen LogP contribution is -2.56. The monoisotopic (exact) mass is 251 g/mol. The third kappa shape index (κ3) is 2.62. The van der Waals surface area contributed by atoms with Gasteiger partial charge in [-0.05, 0) is 44.5 Å². The zero-order valence-electron chi connectivity index (χ0n) is 11.7. The first-order valence-corrected chi connectivity index (χ1v) is 6.91. The van der Waals surface area contributed by atoms with E-state index in [9.17, 15) is 5.11 Å². The number of hydrogen-bond donors (Lipinski definition) is 1. The topological polar surface area (TPSA) is 36.6 Å². The molecule has 1 aliphatic carbocycles. The van der Waals surface area contributed by atoms with E-state index in [1.807, 2.05) is 6.07 Å². The summed E-state index contributed by atoms with van der Waals surface area (Å²) < 4.78 is 5.09. The molecule has 3 nitrogen and oxygen atoms in total. The Morgan fingerprint density at radius 1 is 1.56 bits per heavy atom. The second kappa shape index (κ2) is 5.45. The fourth-order valence-electron chi connectivity index (χ4n) is 3.39. The molecule has 1 aliphatic rings. The van der Waals surface area contributed by atoms with Crippen molar-refractivity contribution in [2.45, 2.75) is 50.7 Å². The predicted octanol–water partition coefficient (Wildman–Crippen LogP) is 2.69. The zero-order chi connectivity index (χ0) is 13.2. The van der Waals surface area contributed by atoms with Gasteiger partial charge in [-0.25, -0.2) is 0 Å². The molecule has 3 heteroatoms. The van der Waals surface area contributed by atoms with Gasteiger partial charge in [0.25, 0.3) is 0 Å². The van der Waals surface area contributed by atoms with Gasteiger partial charge in [-0.3, -0.25) is 0 Å². The number of hydrogen-bond acceptors (Lipinski definition) is 3. The van der Waals surface area contributed by atoms with E-state index in [4.69, 9.17) is 4.42 Å². The minimum atomic E-state index is -0.326. The maximum atomic E-state index is 10.7. The molecule has 102 valence electrons. The molecule has 1 heterocycles. The normalized spacial score (nSPS) is 30.6. The van der Waals surface area contributed by atoms with Gasteiger partial charge in [0.2, 0.25) is 0 Å². The highest BCUT2D eigenvalue weighted by atomic mass is 16.3. The Bertz CT molecular complexity index is 361. The maximum absolute atomic E-state index is 10.7. The minimum absolute atomic E-state index is 0.0745. The summed E-state index contributed by atoms with van der Waals surface area (Å²) in [5.74, 6) is 0.695. The number of nitrogens with zero attached hydrogens (tertiary/aromatic N) is 1. The Morgan fingerprint density at radius 3 is 2.89 bits per heavy atom. The van der Waals surface area contributed by atoms with Crippen molar-refractivity contribution < 1.29 is 9.52 Å². The van der Waals surface area contributed by atoms with E-state index in [-0.39, 0.29) is 11.6 Å². The third-order valence-electron chi connectivity index (χ3n) is 4.53. The summed E-state index contributed by atoms with van der Waals surface area (Å²) in [7, 11) is 4.19. The van der Waals surface area contributed by atoms with Crippen molar-refractivity contribution in [2.75, 3.05) is 14.1 Å². The van der Waals surface area contributed by atoms with Crippen molar-refractivity contribution in [3.8, 4) is 0 Å². The quantitative estimate of drug-likeness (QED) is 0.894. The van der Waals surface area contributed by atoms with Crippen LogP contribution in [0.25, 0.3) is 0 Å². The highest BCUT2D eigenvalue weighted by Gasteiger charge is 2.42. The SMILES string of the molecule is CC1CCCC(C(O)Cc2ccoc2)(N(C)C)C1. The molecule has 18 heavy (non-hydrogen) atoms. The van der Waals surface area contributed by atoms with Gasteiger partial charge < -0.3 is 14.4 Å². The fourth-order valence-corrected chi connectivity index (χ4v) is 3.39. The van der Waals surface area contributed by atoms with Crippen LogP contribution < -0.4 is 0 Å². The van der Waals surface area contributed by atoms with Crippen LogP contribution in [0.3, 0.4) is 0 Å². The zero-order valence-corrected chi connectivity index (χ0v) is 11.7. The van der Waals surface area contributed by atoms with Crippen molar-refractivity contribution >= 4 is 0 Å². The smallest absolute Gasteiger partial charge is 0.0935 e. The lowest BCUT2D eigenvalue weighted by atomic mass is 9.71. The van der Waals surface area contributed by atoms with Crippen LogP contribution in [0.4, 0.5) is 0 Å². The van der Waals surface area contributed by atoms with Crippen LogP contribution in [0, 0.1) is 5.92 Å². The molecule has 1 N–H and O–H groups in total. The summed E-state index contributed by atoms with van der Waals surface area (Å²) in [6.07, 6.45) is 8.43. The number of furan rings is 1. The van der Waals surface area contributed by atoms with Crippen molar-refractivity contribution in [1.29, 1.82) is 0 Å². The molecule has 0 radical (unpaired) electrons. The van der Waals surface area contributed by atoms with Gasteiger partial charge in [-0.2, -0.15) is 0 Å². The average Bonchev–Trinajstić information content (AvgIpc) is 2.81. The average molecular weight is 251 g/mol. The van der Waals surface area contributed by atoms with Gasteiger partial charge in [0.1, 0.15) is 0 Å². The third-order valence-corrected chi connectivity index (χ3v) is 4.53. The van der Waals surface area contributed by atoms with E-state index in [0.717, 1.165) is 18.4 Å². The van der Waals surface area contributed by atoms with Gasteiger partial charge in [0, 0.05) is 12.0 Å². The van der Waals surface area contributed by atoms with E-state index < -0.39 is 0 Å². The van der Waals surface area contributed by atoms with Crippen molar-refractivity contribution in [3.05, 3.63) is 24.2 Å². The number of aliphatic hydroxyl groups is 1. The van der Waals surface area contributed by atoms with Gasteiger partial charge >= 0.3 is 0 Å². The van der Waals surface area contributed by atoms with Crippen LogP contribution in [-0.4, -0.2) is 35.7 Å². The Labute approximate surface area is 110 Å². The van der Waals surface area contributed by atoms with Gasteiger partial charge in [-0.15, -0.1) is 0 Å². The summed E-state index contributed by atoms with van der Waals surface area (Å²) in [5.41, 5.74) is 1.01. The number of rotatable bonds is 4. The van der Waals surface area contributed by atoms with E-state index in [0.29, 0.717) is 12.3 Å². The molecule has 0 aliphatic heterocycles. The molecule has 0 spiro atoms. The van der Waals surface area contributed by atoms with Crippen LogP contribution in [0.5, 0.6) is 0 Å². The first-order chi connectivity index (χ1) is 8.54. The molecule has 0 amide bonds. The number of likely N-dealkylation sites (N-methyl/N-ethyl adjacent to an activating group) is 1. The molecule has 3 unspecified atom stereocenters. The maximum Gasteiger partial charge on any atom is 0.0935 e. The second-order valence-electron chi connectivity index (χ2n) is 6.05. The van der Waals surface area contributed by atoms with Crippen molar-refractivity contribution in [3.63, 3.8) is 0 Å². The van der Waals surface area contributed by atoms with Gasteiger partial charge in [0.05, 0.1) is 18.6 Å². The van der Waals surface area contributed by atoms with E-state index in [1.165, 1.54) is 12.8 Å². The minimum Gasteiger partial charge on any atom is -0.472 e. The first-order valence-electron chi connectivity index (χ1n) is 6.91. The Balaban J connectivity index is 2.13. The Morgan fingerprint density at radius 2 is 2.33 bits per heavy atom. The molecule has 3 atom stereocenters. The summed E-state index contributed by atoms with van der Waals surface area (Å²) in [6, 6.07) is 1.94. The molecule has 0 aromatic carbocycles. The summed E-state index contributed by atoms with van der Waals surface area (Å²) in [4.78, 5) is 2.23. The highest BCUT2D eigenvalue weighted by Crippen LogP contribution is 2.39. The molecular weight excluding hydrogens is 226 g/mol. The molecule has 1 aromatic heterocycles. The largest absolute Gasteiger partial charge is 0.472 e. The standard InChI is InChI=1S/C15H25NO2/c1-12-5-4-7-15(10-12,16(2)3)14(17)9-13-6-8-18-11-13/h6,8,11-12,14,17H,4-5,7,9-10H2,1-3H3. The van der Waals surface area contributed by atoms with E-state index in [2.05, 4.69) is 25.9 Å². The Hall–Kier alpha value is -0.800. The van der Waals surface area contributed by atoms with Crippen LogP contribution in [0.15, 0.2) is 23.0 Å². The van der Waals surface area contributed by atoms with Crippen molar-refractivity contribution in [1.82, 2.24) is 4.90 Å². The lowest BCUT2D eigenvalue weighted by molar-refractivity contribution is -0.0425. The van der Waals surface area contributed by atoms with Crippen LogP contribution in [-0.2, 0) is 6.42 Å². The van der Waals surface area contributed by atoms with Crippen LogP contribution in [0.2, 0.25) is 0 Å². The molecule has 0 bridgehead atoms. The van der Waals surface area contributed by atoms with Crippen molar-refractivity contribution in [2.24, 2.45) is 5.92 Å². The molecular formula is C15H25NO2. The van der Waals surface area contributed by atoms with Crippen LogP contribution >= 0.6 is 0 Å². The molecule has 1 saturated carbocycles. The van der Waals surface area contributed by atoms with Gasteiger partial charge in [0.15, 0.2) is 0 Å². The van der Waals surface area contributed by atoms with E-state index in [1.54, 1.807) is 12.5 Å². The van der Waals surface area contributed by atoms with Gasteiger partial charge in [-0.1, -0.05) is 19.8 Å². The summed E-state index contributed by atoms with van der Waals surface area (Å²) >= 11 is 0.